The van der Waals surface area contributed by atoms with Gasteiger partial charge in [0.2, 0.25) is 11.8 Å². The van der Waals surface area contributed by atoms with Gasteiger partial charge in [0.05, 0.1) is 5.69 Å². The largest absolute Gasteiger partial charge is 0.319 e. The number of aryl methyl sites for hydroxylation is 2. The second-order valence-corrected chi connectivity index (χ2v) is 4.12. The lowest BCUT2D eigenvalue weighted by Gasteiger charge is -2.25. The summed E-state index contributed by atoms with van der Waals surface area (Å²) in [7, 11) is 0. The maximum absolute atomic E-state index is 12.2. The first-order valence-corrected chi connectivity index (χ1v) is 5.67. The number of nitrogens with zero attached hydrogens (tertiary/aromatic N) is 3. The standard InChI is InChI=1S/C11H14N4O3/c1-3-15-8(4-7(2)13-15)11(18)14-5-9(16)12-10(17)6-14/h4H,3,5-6H2,1-2H3,(H,12,16,17). The van der Waals surface area contributed by atoms with Gasteiger partial charge >= 0.3 is 0 Å². The van der Waals surface area contributed by atoms with Gasteiger partial charge in [-0.05, 0) is 19.9 Å². The number of piperazine rings is 1. The summed E-state index contributed by atoms with van der Waals surface area (Å²) in [6.45, 7) is 4.02. The molecule has 0 aromatic carbocycles. The highest BCUT2D eigenvalue weighted by Gasteiger charge is 2.28. The highest BCUT2D eigenvalue weighted by molar-refractivity contribution is 6.05. The van der Waals surface area contributed by atoms with Crippen molar-refractivity contribution in [3.05, 3.63) is 17.5 Å². The molecule has 18 heavy (non-hydrogen) atoms. The monoisotopic (exact) mass is 250 g/mol. The molecule has 0 atom stereocenters. The van der Waals surface area contributed by atoms with Gasteiger partial charge in [0.25, 0.3) is 5.91 Å². The van der Waals surface area contributed by atoms with Crippen molar-refractivity contribution in [3.63, 3.8) is 0 Å². The van der Waals surface area contributed by atoms with E-state index in [1.54, 1.807) is 17.7 Å². The lowest BCUT2D eigenvalue weighted by atomic mass is 10.2. The first kappa shape index (κ1) is 12.3. The molecule has 2 rings (SSSR count). The fourth-order valence-corrected chi connectivity index (χ4v) is 1.90. The maximum atomic E-state index is 12.2. The fraction of sp³-hybridized carbons (Fsp3) is 0.455. The van der Waals surface area contributed by atoms with E-state index in [1.165, 1.54) is 4.90 Å². The number of hydrogen-bond acceptors (Lipinski definition) is 4. The molecule has 1 fully saturated rings. The van der Waals surface area contributed by atoms with Crippen LogP contribution in [-0.2, 0) is 16.1 Å². The summed E-state index contributed by atoms with van der Waals surface area (Å²) in [4.78, 5) is 35.9. The predicted molar refractivity (Wildman–Crippen MR) is 61.7 cm³/mol. The van der Waals surface area contributed by atoms with Gasteiger partial charge < -0.3 is 4.90 Å². The SMILES string of the molecule is CCn1nc(C)cc1C(=O)N1CC(=O)NC(=O)C1. The van der Waals surface area contributed by atoms with E-state index in [0.29, 0.717) is 12.2 Å². The summed E-state index contributed by atoms with van der Waals surface area (Å²) in [5.41, 5.74) is 1.13. The molecule has 1 saturated heterocycles. The van der Waals surface area contributed by atoms with E-state index in [2.05, 4.69) is 10.4 Å². The number of carbonyl (C=O) groups excluding carboxylic acids is 3. The zero-order valence-corrected chi connectivity index (χ0v) is 10.3. The van der Waals surface area contributed by atoms with Gasteiger partial charge in [-0.3, -0.25) is 24.4 Å². The summed E-state index contributed by atoms with van der Waals surface area (Å²) in [5, 5.41) is 6.32. The Kier molecular flexibility index (Phi) is 3.14. The van der Waals surface area contributed by atoms with Gasteiger partial charge in [0.1, 0.15) is 18.8 Å². The zero-order valence-electron chi connectivity index (χ0n) is 10.3. The van der Waals surface area contributed by atoms with Gasteiger partial charge in [-0.2, -0.15) is 5.10 Å². The average molecular weight is 250 g/mol. The summed E-state index contributed by atoms with van der Waals surface area (Å²) < 4.78 is 1.56. The van der Waals surface area contributed by atoms with Crippen molar-refractivity contribution in [2.24, 2.45) is 0 Å². The predicted octanol–water partition coefficient (Wildman–Crippen LogP) is -0.690. The van der Waals surface area contributed by atoms with Crippen molar-refractivity contribution in [2.45, 2.75) is 20.4 Å². The molecule has 96 valence electrons. The smallest absolute Gasteiger partial charge is 0.273 e. The normalized spacial score (nSPS) is 15.8. The molecule has 0 saturated carbocycles. The number of hydrogen-bond donors (Lipinski definition) is 1. The van der Waals surface area contributed by atoms with Crippen LogP contribution in [-0.4, -0.2) is 45.5 Å². The second kappa shape index (κ2) is 4.59. The number of rotatable bonds is 2. The molecule has 0 radical (unpaired) electrons. The molecule has 0 unspecified atom stereocenters. The molecule has 0 aliphatic carbocycles. The number of imide groups is 1. The molecule has 7 nitrogen and oxygen atoms in total. The topological polar surface area (TPSA) is 84.3 Å². The summed E-state index contributed by atoms with van der Waals surface area (Å²) in [5.74, 6) is -1.27. The van der Waals surface area contributed by atoms with Crippen LogP contribution in [0.1, 0.15) is 23.1 Å². The van der Waals surface area contributed by atoms with Crippen LogP contribution in [0.3, 0.4) is 0 Å². The minimum Gasteiger partial charge on any atom is -0.319 e. The first-order valence-electron chi connectivity index (χ1n) is 5.67. The Hall–Kier alpha value is -2.18. The van der Waals surface area contributed by atoms with E-state index in [0.717, 1.165) is 5.69 Å². The maximum Gasteiger partial charge on any atom is 0.273 e. The van der Waals surface area contributed by atoms with Gasteiger partial charge in [-0.25, -0.2) is 0 Å². The fourth-order valence-electron chi connectivity index (χ4n) is 1.90. The van der Waals surface area contributed by atoms with E-state index in [9.17, 15) is 14.4 Å². The molecule has 2 heterocycles. The molecule has 1 aliphatic rings. The van der Waals surface area contributed by atoms with Gasteiger partial charge in [-0.1, -0.05) is 0 Å². The lowest BCUT2D eigenvalue weighted by molar-refractivity contribution is -0.135. The van der Waals surface area contributed by atoms with Crippen molar-refractivity contribution < 1.29 is 14.4 Å². The Bertz CT molecular complexity index is 504. The third kappa shape index (κ3) is 2.24. The second-order valence-electron chi connectivity index (χ2n) is 4.12. The number of carbonyl (C=O) groups is 3. The third-order valence-electron chi connectivity index (χ3n) is 2.66. The van der Waals surface area contributed by atoms with Crippen LogP contribution in [0.15, 0.2) is 6.07 Å². The van der Waals surface area contributed by atoms with E-state index in [1.807, 2.05) is 6.92 Å². The van der Waals surface area contributed by atoms with Crippen LogP contribution in [0.4, 0.5) is 0 Å². The molecular weight excluding hydrogens is 236 g/mol. The third-order valence-corrected chi connectivity index (χ3v) is 2.66. The minimum atomic E-state index is -0.459. The van der Waals surface area contributed by atoms with E-state index >= 15 is 0 Å². The summed E-state index contributed by atoms with van der Waals surface area (Å²) in [6, 6.07) is 1.66. The van der Waals surface area contributed by atoms with Crippen molar-refractivity contribution in [2.75, 3.05) is 13.1 Å². The van der Waals surface area contributed by atoms with Crippen LogP contribution < -0.4 is 5.32 Å². The molecule has 1 N–H and O–H groups in total. The van der Waals surface area contributed by atoms with Crippen LogP contribution >= 0.6 is 0 Å². The number of amides is 3. The highest BCUT2D eigenvalue weighted by Crippen LogP contribution is 2.09. The zero-order chi connectivity index (χ0) is 13.3. The Morgan fingerprint density at radius 2 is 2.00 bits per heavy atom. The first-order chi connectivity index (χ1) is 8.51. The van der Waals surface area contributed by atoms with Crippen LogP contribution in [0.2, 0.25) is 0 Å². The Morgan fingerprint density at radius 1 is 1.39 bits per heavy atom. The molecule has 1 aromatic rings. The minimum absolute atomic E-state index is 0.0987. The van der Waals surface area contributed by atoms with Crippen molar-refractivity contribution >= 4 is 17.7 Å². The van der Waals surface area contributed by atoms with E-state index in [-0.39, 0.29) is 19.0 Å². The Balaban J connectivity index is 2.25. The molecule has 0 bridgehead atoms. The molecule has 7 heteroatoms. The van der Waals surface area contributed by atoms with Crippen LogP contribution in [0.5, 0.6) is 0 Å². The van der Waals surface area contributed by atoms with Crippen LogP contribution in [0, 0.1) is 6.92 Å². The molecule has 0 spiro atoms. The van der Waals surface area contributed by atoms with Crippen molar-refractivity contribution in [1.82, 2.24) is 20.0 Å². The molecular formula is C11H14N4O3. The number of nitrogens with one attached hydrogen (secondary N) is 1. The Labute approximate surface area is 104 Å². The lowest BCUT2D eigenvalue weighted by Crippen LogP contribution is -2.53. The highest BCUT2D eigenvalue weighted by atomic mass is 16.2. The van der Waals surface area contributed by atoms with E-state index < -0.39 is 11.8 Å². The molecule has 3 amide bonds. The van der Waals surface area contributed by atoms with Gasteiger partial charge in [-0.15, -0.1) is 0 Å². The quantitative estimate of drug-likeness (QED) is 0.704. The molecule has 1 aromatic heterocycles. The summed E-state index contributed by atoms with van der Waals surface area (Å²) >= 11 is 0. The number of aromatic nitrogens is 2. The van der Waals surface area contributed by atoms with Crippen LogP contribution in [0.25, 0.3) is 0 Å². The van der Waals surface area contributed by atoms with Crippen molar-refractivity contribution in [3.8, 4) is 0 Å². The summed E-state index contributed by atoms with van der Waals surface area (Å²) in [6.07, 6.45) is 0. The average Bonchev–Trinajstić information content (AvgIpc) is 2.68. The Morgan fingerprint density at radius 3 is 2.56 bits per heavy atom. The van der Waals surface area contributed by atoms with Gasteiger partial charge in [0.15, 0.2) is 0 Å². The molecule has 1 aliphatic heterocycles. The van der Waals surface area contributed by atoms with Crippen molar-refractivity contribution in [1.29, 1.82) is 0 Å². The van der Waals surface area contributed by atoms with Gasteiger partial charge in [0, 0.05) is 6.54 Å². The van der Waals surface area contributed by atoms with E-state index in [4.69, 9.17) is 0 Å².